The number of rotatable bonds is 2. The van der Waals surface area contributed by atoms with Crippen LogP contribution in [0.25, 0.3) is 0 Å². The van der Waals surface area contributed by atoms with Crippen LogP contribution in [0.5, 0.6) is 0 Å². The van der Waals surface area contributed by atoms with E-state index in [1.807, 2.05) is 0 Å². The van der Waals surface area contributed by atoms with Crippen molar-refractivity contribution in [1.82, 2.24) is 0 Å². The van der Waals surface area contributed by atoms with Crippen LogP contribution in [0.2, 0.25) is 12.1 Å². The first-order valence-corrected chi connectivity index (χ1v) is 7.97. The van der Waals surface area contributed by atoms with Gasteiger partial charge >= 0.3 is 54.7 Å². The van der Waals surface area contributed by atoms with Crippen LogP contribution < -0.4 is 0 Å². The summed E-state index contributed by atoms with van der Waals surface area (Å²) < 4.78 is 0. The maximum absolute atomic E-state index is 2.30. The van der Waals surface area contributed by atoms with Gasteiger partial charge in [-0.3, -0.25) is 0 Å². The van der Waals surface area contributed by atoms with Gasteiger partial charge in [0, 0.05) is 0 Å². The second-order valence-electron chi connectivity index (χ2n) is 1.31. The molecule has 0 fully saturated rings. The van der Waals surface area contributed by atoms with Crippen LogP contribution in [0.1, 0.15) is 13.8 Å². The molecule has 32 valence electrons. The molecule has 0 saturated carbocycles. The molecule has 0 spiro atoms. The van der Waals surface area contributed by atoms with Crippen molar-refractivity contribution in [2.24, 2.45) is 0 Å². The van der Waals surface area contributed by atoms with E-state index in [2.05, 4.69) is 13.8 Å². The molecule has 0 aliphatic carbocycles. The Morgan fingerprint density at radius 3 is 1.67 bits per heavy atom. The minimum absolute atomic E-state index is 0.222. The molecule has 0 unspecified atom stereocenters. The standard InChI is InChI=1S/C4H10Si.Zr/c1-3-5-4-2;/h3-4H2,1-2H3;/q;+2. The number of hydrogen-bond acceptors (Lipinski definition) is 0. The first-order chi connectivity index (χ1) is 2.81. The Morgan fingerprint density at radius 2 is 1.67 bits per heavy atom. The van der Waals surface area contributed by atoms with Crippen molar-refractivity contribution in [3.63, 3.8) is 0 Å². The molecule has 0 aromatic rings. The third kappa shape index (κ3) is 3.30. The molecule has 0 nitrogen and oxygen atoms in total. The van der Waals surface area contributed by atoms with Gasteiger partial charge in [-0.25, -0.2) is 0 Å². The van der Waals surface area contributed by atoms with Crippen molar-refractivity contribution in [3.05, 3.63) is 0 Å². The van der Waals surface area contributed by atoms with Crippen molar-refractivity contribution in [2.45, 2.75) is 25.9 Å². The molecule has 0 radical (unpaired) electrons. The molecule has 0 aliphatic heterocycles. The fraction of sp³-hybridized carbons (Fsp3) is 1.00. The van der Waals surface area contributed by atoms with Crippen molar-refractivity contribution >= 4 is 5.43 Å². The van der Waals surface area contributed by atoms with E-state index in [0.717, 1.165) is 0 Å². The predicted molar refractivity (Wildman–Crippen MR) is 26.7 cm³/mol. The third-order valence-corrected chi connectivity index (χ3v) is 7.77. The Hall–Kier alpha value is 1.10. The van der Waals surface area contributed by atoms with Crippen molar-refractivity contribution in [3.8, 4) is 0 Å². The molecule has 0 rings (SSSR count). The minimum atomic E-state index is 0.222. The van der Waals surface area contributed by atoms with Crippen LogP contribution in [0.3, 0.4) is 0 Å². The Kier molecular flexibility index (Phi) is 5.05. The summed E-state index contributed by atoms with van der Waals surface area (Å²) in [5.41, 5.74) is 0.222. The van der Waals surface area contributed by atoms with Crippen LogP contribution in [0.4, 0.5) is 0 Å². The fourth-order valence-electron chi connectivity index (χ4n) is 0.250. The van der Waals surface area contributed by atoms with E-state index in [-0.39, 0.29) is 5.43 Å². The summed E-state index contributed by atoms with van der Waals surface area (Å²) in [4.78, 5) is 0. The first kappa shape index (κ1) is 7.10. The summed E-state index contributed by atoms with van der Waals surface area (Å²) in [5, 5.41) is 0. The molecular weight excluding hydrogens is 167 g/mol. The average molecular weight is 177 g/mol. The summed E-state index contributed by atoms with van der Waals surface area (Å²) in [5.74, 6) is 0. The van der Waals surface area contributed by atoms with E-state index in [4.69, 9.17) is 0 Å². The van der Waals surface area contributed by atoms with Crippen molar-refractivity contribution in [2.75, 3.05) is 0 Å². The molecule has 0 aliphatic rings. The molecular formula is C4H10SiZr+2. The van der Waals surface area contributed by atoms with Gasteiger partial charge in [-0.05, 0) is 0 Å². The SMILES string of the molecule is CC[Si](=[Zr+2])CC. The quantitative estimate of drug-likeness (QED) is 0.562. The molecule has 0 heterocycles. The van der Waals surface area contributed by atoms with Gasteiger partial charge in [0.05, 0.1) is 0 Å². The molecule has 0 amide bonds. The van der Waals surface area contributed by atoms with E-state index in [0.29, 0.717) is 0 Å². The van der Waals surface area contributed by atoms with E-state index in [1.54, 1.807) is 23.3 Å². The fourth-order valence-corrected chi connectivity index (χ4v) is 0.750. The summed E-state index contributed by atoms with van der Waals surface area (Å²) in [6.07, 6.45) is 0. The molecule has 0 atom stereocenters. The Bertz CT molecular complexity index is 45.5. The molecule has 2 heteroatoms. The van der Waals surface area contributed by atoms with E-state index >= 15 is 0 Å². The van der Waals surface area contributed by atoms with Gasteiger partial charge in [0.25, 0.3) is 0 Å². The monoisotopic (exact) mass is 176 g/mol. The van der Waals surface area contributed by atoms with Crippen LogP contribution >= 0.6 is 0 Å². The van der Waals surface area contributed by atoms with Crippen LogP contribution in [0, 0.1) is 0 Å². The van der Waals surface area contributed by atoms with E-state index < -0.39 is 0 Å². The molecule has 0 bridgehead atoms. The zero-order chi connectivity index (χ0) is 4.99. The number of hydrogen-bond donors (Lipinski definition) is 0. The van der Waals surface area contributed by atoms with Gasteiger partial charge in [0.1, 0.15) is 0 Å². The van der Waals surface area contributed by atoms with Gasteiger partial charge in [0.2, 0.25) is 0 Å². The summed E-state index contributed by atoms with van der Waals surface area (Å²) in [6.45, 7) is 4.60. The molecule has 0 saturated heterocycles. The first-order valence-electron chi connectivity index (χ1n) is 2.37. The van der Waals surface area contributed by atoms with Gasteiger partial charge < -0.3 is 0 Å². The maximum atomic E-state index is 2.30. The van der Waals surface area contributed by atoms with E-state index in [1.165, 1.54) is 12.1 Å². The Labute approximate surface area is 54.7 Å². The second kappa shape index (κ2) is 4.26. The Balaban J connectivity index is 2.99. The average Bonchev–Trinajstić information content (AvgIpc) is 1.65. The van der Waals surface area contributed by atoms with Gasteiger partial charge in [-0.15, -0.1) is 0 Å². The molecule has 6 heavy (non-hydrogen) atoms. The van der Waals surface area contributed by atoms with Gasteiger partial charge in [0.15, 0.2) is 0 Å². The molecule has 0 aromatic carbocycles. The second-order valence-corrected chi connectivity index (χ2v) is 9.15. The van der Waals surface area contributed by atoms with Crippen molar-refractivity contribution in [1.29, 1.82) is 0 Å². The molecule has 0 N–H and O–H groups in total. The van der Waals surface area contributed by atoms with Gasteiger partial charge in [-0.2, -0.15) is 0 Å². The zero-order valence-corrected chi connectivity index (χ0v) is 7.87. The van der Waals surface area contributed by atoms with Crippen LogP contribution in [0.15, 0.2) is 0 Å². The van der Waals surface area contributed by atoms with Crippen LogP contribution in [-0.4, -0.2) is 5.43 Å². The Morgan fingerprint density at radius 1 is 1.33 bits per heavy atom. The predicted octanol–water partition coefficient (Wildman–Crippen LogP) is 1.56. The van der Waals surface area contributed by atoms with Crippen molar-refractivity contribution < 1.29 is 23.3 Å². The molecule has 0 aromatic heterocycles. The summed E-state index contributed by atoms with van der Waals surface area (Å²) >= 11 is 1.80. The third-order valence-electron chi connectivity index (χ3n) is 0.854. The zero-order valence-electron chi connectivity index (χ0n) is 4.41. The normalized spacial score (nSPS) is 8.67. The summed E-state index contributed by atoms with van der Waals surface area (Å²) in [7, 11) is 0. The van der Waals surface area contributed by atoms with Crippen LogP contribution in [-0.2, 0) is 23.3 Å². The van der Waals surface area contributed by atoms with E-state index in [9.17, 15) is 0 Å². The van der Waals surface area contributed by atoms with Gasteiger partial charge in [-0.1, -0.05) is 0 Å². The topological polar surface area (TPSA) is 0 Å². The summed E-state index contributed by atoms with van der Waals surface area (Å²) in [6, 6.07) is 2.94.